The van der Waals surface area contributed by atoms with E-state index in [4.69, 9.17) is 35.9 Å². The molecule has 1 aliphatic rings. The monoisotopic (exact) mass is 629 g/mol. The summed E-state index contributed by atoms with van der Waals surface area (Å²) in [5.74, 6) is -2.75. The minimum Gasteiger partial charge on any atom is -0.463 e. The van der Waals surface area contributed by atoms with Crippen molar-refractivity contribution in [3.63, 3.8) is 0 Å². The van der Waals surface area contributed by atoms with E-state index in [2.05, 4.69) is 15.5 Å². The van der Waals surface area contributed by atoms with E-state index in [1.165, 1.54) is 13.8 Å². The molecule has 1 fully saturated rings. The van der Waals surface area contributed by atoms with Gasteiger partial charge in [0.05, 0.1) is 12.1 Å². The van der Waals surface area contributed by atoms with Gasteiger partial charge in [0.15, 0.2) is 29.7 Å². The van der Waals surface area contributed by atoms with E-state index in [0.717, 1.165) is 25.0 Å². The van der Waals surface area contributed by atoms with Crippen LogP contribution in [0.25, 0.3) is 0 Å². The number of rotatable bonds is 11. The Bertz CT molecular complexity index is 1290. The van der Waals surface area contributed by atoms with E-state index < -0.39 is 54.5 Å². The van der Waals surface area contributed by atoms with E-state index in [1.807, 2.05) is 74.8 Å². The predicted molar refractivity (Wildman–Crippen MR) is 163 cm³/mol. The summed E-state index contributed by atoms with van der Waals surface area (Å²) in [6.07, 6.45) is -6.21. The van der Waals surface area contributed by atoms with Gasteiger partial charge in [0, 0.05) is 27.7 Å². The Kier molecular flexibility index (Phi) is 12.6. The van der Waals surface area contributed by atoms with Crippen molar-refractivity contribution in [2.45, 2.75) is 70.4 Å². The average Bonchev–Trinajstić information content (AvgIpc) is 2.95. The molecule has 0 amide bonds. The van der Waals surface area contributed by atoms with Crippen LogP contribution < -0.4 is 10.6 Å². The molecule has 1 heterocycles. The van der Waals surface area contributed by atoms with Gasteiger partial charge in [-0.3, -0.25) is 19.2 Å². The van der Waals surface area contributed by atoms with Gasteiger partial charge in [-0.1, -0.05) is 60.7 Å². The van der Waals surface area contributed by atoms with Crippen LogP contribution in [0, 0.1) is 0 Å². The first-order valence-corrected chi connectivity index (χ1v) is 14.4. The molecule has 0 spiro atoms. The first-order valence-electron chi connectivity index (χ1n) is 14.0. The summed E-state index contributed by atoms with van der Waals surface area (Å²) in [5, 5.41) is 6.55. The standard InChI is InChI=1S/C31H39N3O9S/c1-18(35)39-17-24-27(40-19(2)36)28(41-20(3)37)29(42-21(4)38)30(43-24)33-31(44)32-25(22-13-9-7-10-14-22)26(34(5)6)23-15-11-8-12-16-23/h7-16,24-30H,17H2,1-6H3,(H2,32,33,44)/t24-,25-,26-,27-,28+,29-,30-/m1/s1. The Labute approximate surface area is 262 Å². The fraction of sp³-hybridized carbons (Fsp3) is 0.452. The molecule has 1 aliphatic heterocycles. The van der Waals surface area contributed by atoms with Gasteiger partial charge in [-0.25, -0.2) is 0 Å². The highest BCUT2D eigenvalue weighted by Crippen LogP contribution is 2.33. The van der Waals surface area contributed by atoms with Crippen molar-refractivity contribution >= 4 is 41.2 Å². The number of carbonyl (C=O) groups is 4. The van der Waals surface area contributed by atoms with Gasteiger partial charge in [0.25, 0.3) is 0 Å². The van der Waals surface area contributed by atoms with Crippen LogP contribution in [-0.4, -0.2) is 85.2 Å². The number of hydrogen-bond acceptors (Lipinski definition) is 11. The highest BCUT2D eigenvalue weighted by Gasteiger charge is 2.52. The third-order valence-electron chi connectivity index (χ3n) is 6.72. The van der Waals surface area contributed by atoms with Crippen LogP contribution in [0.2, 0.25) is 0 Å². The van der Waals surface area contributed by atoms with Crippen molar-refractivity contribution in [2.75, 3.05) is 20.7 Å². The topological polar surface area (TPSA) is 142 Å². The van der Waals surface area contributed by atoms with Crippen LogP contribution >= 0.6 is 12.2 Å². The summed E-state index contributed by atoms with van der Waals surface area (Å²) in [4.78, 5) is 50.1. The maximum absolute atomic E-state index is 12.2. The first-order chi connectivity index (χ1) is 20.9. The van der Waals surface area contributed by atoms with Gasteiger partial charge >= 0.3 is 23.9 Å². The van der Waals surface area contributed by atoms with Crippen molar-refractivity contribution in [1.82, 2.24) is 15.5 Å². The quantitative estimate of drug-likeness (QED) is 0.214. The number of nitrogens with one attached hydrogen (secondary N) is 2. The summed E-state index contributed by atoms with van der Waals surface area (Å²) in [7, 11) is 3.93. The molecular formula is C31H39N3O9S. The molecule has 2 aromatic carbocycles. The molecule has 0 unspecified atom stereocenters. The van der Waals surface area contributed by atoms with Gasteiger partial charge < -0.3 is 39.2 Å². The van der Waals surface area contributed by atoms with Crippen molar-refractivity contribution in [2.24, 2.45) is 0 Å². The third kappa shape index (κ3) is 9.73. The lowest BCUT2D eigenvalue weighted by Gasteiger charge is -2.45. The SMILES string of the molecule is CC(=O)OC[C@H]1O[C@@H](NC(=S)N[C@H](c2ccccc2)[C@@H](c2ccccc2)N(C)C)[C@H](OC(C)=O)[C@@H](OC(C)=O)[C@@H]1OC(C)=O. The number of carbonyl (C=O) groups excluding carboxylic acids is 4. The Morgan fingerprint density at radius 2 is 1.27 bits per heavy atom. The maximum atomic E-state index is 12.2. The van der Waals surface area contributed by atoms with Crippen molar-refractivity contribution < 1.29 is 42.9 Å². The van der Waals surface area contributed by atoms with Gasteiger partial charge in [-0.15, -0.1) is 0 Å². The number of esters is 4. The van der Waals surface area contributed by atoms with Gasteiger partial charge in [-0.2, -0.15) is 0 Å². The Hall–Kier alpha value is -4.07. The fourth-order valence-corrected chi connectivity index (χ4v) is 5.34. The minimum atomic E-state index is -1.32. The molecule has 0 saturated carbocycles. The molecule has 3 rings (SSSR count). The smallest absolute Gasteiger partial charge is 0.303 e. The molecular weight excluding hydrogens is 590 g/mol. The first kappa shape index (κ1) is 34.4. The number of thiocarbonyl (C=S) groups is 1. The van der Waals surface area contributed by atoms with Crippen LogP contribution in [-0.2, 0) is 42.9 Å². The predicted octanol–water partition coefficient (Wildman–Crippen LogP) is 2.58. The number of hydrogen-bond donors (Lipinski definition) is 2. The van der Waals surface area contributed by atoms with Gasteiger partial charge in [-0.05, 0) is 37.4 Å². The molecule has 1 saturated heterocycles. The van der Waals surface area contributed by atoms with E-state index in [0.29, 0.717) is 0 Å². The molecule has 0 aliphatic carbocycles. The van der Waals surface area contributed by atoms with E-state index in [1.54, 1.807) is 0 Å². The van der Waals surface area contributed by atoms with Crippen LogP contribution in [0.5, 0.6) is 0 Å². The number of likely N-dealkylation sites (N-methyl/N-ethyl adjacent to an activating group) is 1. The molecule has 13 heteroatoms. The minimum absolute atomic E-state index is 0.127. The molecule has 2 aromatic rings. The molecule has 2 N–H and O–H groups in total. The number of ether oxygens (including phenoxy) is 5. The Balaban J connectivity index is 1.98. The summed E-state index contributed by atoms with van der Waals surface area (Å²) in [5.41, 5.74) is 1.98. The van der Waals surface area contributed by atoms with Gasteiger partial charge in [0.1, 0.15) is 12.7 Å². The lowest BCUT2D eigenvalue weighted by molar-refractivity contribution is -0.255. The van der Waals surface area contributed by atoms with Crippen LogP contribution in [0.4, 0.5) is 0 Å². The molecule has 12 nitrogen and oxygen atoms in total. The normalized spacial score (nSPS) is 22.6. The number of benzene rings is 2. The second-order valence-corrected chi connectivity index (χ2v) is 10.9. The molecule has 0 radical (unpaired) electrons. The maximum Gasteiger partial charge on any atom is 0.303 e. The van der Waals surface area contributed by atoms with E-state index in [-0.39, 0.29) is 23.8 Å². The average molecular weight is 630 g/mol. The second-order valence-electron chi connectivity index (χ2n) is 10.4. The van der Waals surface area contributed by atoms with Crippen LogP contribution in [0.1, 0.15) is 50.9 Å². The van der Waals surface area contributed by atoms with Crippen LogP contribution in [0.3, 0.4) is 0 Å². The molecule has 7 atom stereocenters. The van der Waals surface area contributed by atoms with Crippen molar-refractivity contribution in [3.05, 3.63) is 71.8 Å². The molecule has 0 aromatic heterocycles. The summed E-state index contributed by atoms with van der Waals surface area (Å²) >= 11 is 5.76. The Morgan fingerprint density at radius 1 is 0.773 bits per heavy atom. The Morgan fingerprint density at radius 3 is 1.77 bits per heavy atom. The highest BCUT2D eigenvalue weighted by molar-refractivity contribution is 7.80. The third-order valence-corrected chi connectivity index (χ3v) is 6.96. The second kappa shape index (κ2) is 16.1. The zero-order valence-electron chi connectivity index (χ0n) is 25.6. The summed E-state index contributed by atoms with van der Waals surface area (Å²) in [6, 6.07) is 19.1. The van der Waals surface area contributed by atoms with Crippen LogP contribution in [0.15, 0.2) is 60.7 Å². The molecule has 44 heavy (non-hydrogen) atoms. The zero-order valence-corrected chi connectivity index (χ0v) is 26.4. The summed E-state index contributed by atoms with van der Waals surface area (Å²) in [6.45, 7) is 4.36. The lowest BCUT2D eigenvalue weighted by atomic mass is 9.92. The van der Waals surface area contributed by atoms with E-state index in [9.17, 15) is 19.2 Å². The molecule has 238 valence electrons. The molecule has 0 bridgehead atoms. The lowest BCUT2D eigenvalue weighted by Crippen LogP contribution is -2.67. The van der Waals surface area contributed by atoms with E-state index >= 15 is 0 Å². The fourth-order valence-electron chi connectivity index (χ4n) is 5.10. The largest absolute Gasteiger partial charge is 0.463 e. The zero-order chi connectivity index (χ0) is 32.4. The number of nitrogens with zero attached hydrogens (tertiary/aromatic N) is 1. The van der Waals surface area contributed by atoms with Crippen molar-refractivity contribution in [1.29, 1.82) is 0 Å². The van der Waals surface area contributed by atoms with Crippen molar-refractivity contribution in [3.8, 4) is 0 Å². The summed E-state index contributed by atoms with van der Waals surface area (Å²) < 4.78 is 27.8. The van der Waals surface area contributed by atoms with Gasteiger partial charge in [0.2, 0.25) is 0 Å². The highest BCUT2D eigenvalue weighted by atomic mass is 32.1.